The fourth-order valence-corrected chi connectivity index (χ4v) is 3.31. The number of hydrogen-bond acceptors (Lipinski definition) is 3. The lowest BCUT2D eigenvalue weighted by molar-refractivity contribution is -0.215. The maximum Gasteiger partial charge on any atom is 0.330 e. The number of benzene rings is 1. The highest BCUT2D eigenvalue weighted by atomic mass is 16.7. The molecular formula is C21H33NO2. The van der Waals surface area contributed by atoms with E-state index in [-0.39, 0.29) is 12.0 Å². The van der Waals surface area contributed by atoms with Gasteiger partial charge in [-0.3, -0.25) is 0 Å². The van der Waals surface area contributed by atoms with E-state index >= 15 is 0 Å². The minimum absolute atomic E-state index is 0.158. The number of hydroxylamine groups is 2. The minimum Gasteiger partial charge on any atom is -0.367 e. The first kappa shape index (κ1) is 19.0. The summed E-state index contributed by atoms with van der Waals surface area (Å²) < 4.78 is 0. The van der Waals surface area contributed by atoms with Crippen molar-refractivity contribution in [3.05, 3.63) is 35.9 Å². The molecule has 0 radical (unpaired) electrons. The lowest BCUT2D eigenvalue weighted by Gasteiger charge is -2.33. The van der Waals surface area contributed by atoms with Gasteiger partial charge in [0.15, 0.2) is 0 Å². The van der Waals surface area contributed by atoms with Gasteiger partial charge in [-0.15, -0.1) is 5.06 Å². The van der Waals surface area contributed by atoms with Crippen LogP contribution in [0, 0.1) is 11.3 Å². The van der Waals surface area contributed by atoms with Crippen LogP contribution in [-0.4, -0.2) is 17.1 Å². The number of nitrogens with zero attached hydrogens (tertiary/aromatic N) is 1. The van der Waals surface area contributed by atoms with Gasteiger partial charge in [-0.25, -0.2) is 4.79 Å². The van der Waals surface area contributed by atoms with Crippen LogP contribution in [0.25, 0.3) is 0 Å². The van der Waals surface area contributed by atoms with E-state index in [1.54, 1.807) is 0 Å². The van der Waals surface area contributed by atoms with E-state index in [0.29, 0.717) is 6.54 Å². The molecule has 0 heterocycles. The molecule has 3 nitrogen and oxygen atoms in total. The second-order valence-electron chi connectivity index (χ2n) is 8.28. The number of carbonyl (C=O) groups is 1. The summed E-state index contributed by atoms with van der Waals surface area (Å²) in [6.45, 7) is 8.55. The van der Waals surface area contributed by atoms with Crippen molar-refractivity contribution >= 4 is 5.97 Å². The van der Waals surface area contributed by atoms with Crippen LogP contribution in [-0.2, 0) is 16.2 Å². The van der Waals surface area contributed by atoms with Gasteiger partial charge < -0.3 is 4.84 Å². The van der Waals surface area contributed by atoms with Crippen molar-refractivity contribution in [1.29, 1.82) is 0 Å². The molecule has 2 rings (SSSR count). The highest BCUT2D eigenvalue weighted by Gasteiger charge is 2.29. The van der Waals surface area contributed by atoms with Crippen LogP contribution in [0.1, 0.15) is 71.8 Å². The normalized spacial score (nSPS) is 17.7. The second kappa shape index (κ2) is 8.66. The summed E-state index contributed by atoms with van der Waals surface area (Å²) in [5.41, 5.74) is 0.689. The number of rotatable bonds is 6. The third kappa shape index (κ3) is 5.94. The molecule has 0 N–H and O–H groups in total. The Kier molecular flexibility index (Phi) is 6.85. The average Bonchev–Trinajstić information content (AvgIpc) is 2.55. The molecule has 24 heavy (non-hydrogen) atoms. The first-order valence-corrected chi connectivity index (χ1v) is 9.39. The molecule has 1 aliphatic carbocycles. The molecule has 1 fully saturated rings. The zero-order valence-corrected chi connectivity index (χ0v) is 15.8. The highest BCUT2D eigenvalue weighted by Crippen LogP contribution is 2.29. The maximum absolute atomic E-state index is 12.4. The van der Waals surface area contributed by atoms with E-state index in [4.69, 9.17) is 4.84 Å². The molecule has 0 spiro atoms. The molecule has 0 saturated heterocycles. The second-order valence-corrected chi connectivity index (χ2v) is 8.28. The van der Waals surface area contributed by atoms with Gasteiger partial charge >= 0.3 is 5.97 Å². The molecule has 0 unspecified atom stereocenters. The summed E-state index contributed by atoms with van der Waals surface area (Å²) in [4.78, 5) is 18.2. The molecule has 3 heteroatoms. The predicted molar refractivity (Wildman–Crippen MR) is 98.2 cm³/mol. The largest absolute Gasteiger partial charge is 0.367 e. The van der Waals surface area contributed by atoms with Crippen molar-refractivity contribution in [2.24, 2.45) is 11.3 Å². The van der Waals surface area contributed by atoms with Gasteiger partial charge in [-0.1, -0.05) is 62.4 Å². The SMILES string of the molecule is C[C@@H](CC1CCCCC1)N(Cc1ccccc1)OC(=O)C(C)(C)C. The van der Waals surface area contributed by atoms with Crippen LogP contribution in [0.5, 0.6) is 0 Å². The lowest BCUT2D eigenvalue weighted by atomic mass is 9.85. The lowest BCUT2D eigenvalue weighted by Crippen LogP contribution is -2.39. The summed E-state index contributed by atoms with van der Waals surface area (Å²) >= 11 is 0. The molecule has 134 valence electrons. The number of carbonyl (C=O) groups excluding carboxylic acids is 1. The van der Waals surface area contributed by atoms with Crippen LogP contribution in [0.2, 0.25) is 0 Å². The third-order valence-electron chi connectivity index (χ3n) is 4.88. The molecular weight excluding hydrogens is 298 g/mol. The minimum atomic E-state index is -0.487. The Hall–Kier alpha value is -1.35. The van der Waals surface area contributed by atoms with Gasteiger partial charge in [0.2, 0.25) is 0 Å². The third-order valence-corrected chi connectivity index (χ3v) is 4.88. The quantitative estimate of drug-likeness (QED) is 0.658. The van der Waals surface area contributed by atoms with E-state index in [2.05, 4.69) is 19.1 Å². The van der Waals surface area contributed by atoms with Crippen LogP contribution in [0.3, 0.4) is 0 Å². The van der Waals surface area contributed by atoms with Crippen molar-refractivity contribution in [3.8, 4) is 0 Å². The molecule has 1 saturated carbocycles. The van der Waals surface area contributed by atoms with Gasteiger partial charge in [-0.2, -0.15) is 0 Å². The fourth-order valence-electron chi connectivity index (χ4n) is 3.31. The van der Waals surface area contributed by atoms with E-state index in [9.17, 15) is 4.79 Å². The summed E-state index contributed by atoms with van der Waals surface area (Å²) in [6, 6.07) is 10.5. The Balaban J connectivity index is 2.04. The van der Waals surface area contributed by atoms with E-state index in [1.807, 2.05) is 44.0 Å². The topological polar surface area (TPSA) is 29.5 Å². The van der Waals surface area contributed by atoms with Crippen LogP contribution in [0.4, 0.5) is 0 Å². The molecule has 0 amide bonds. The Morgan fingerprint density at radius 2 is 1.79 bits per heavy atom. The zero-order chi connectivity index (χ0) is 17.6. The molecule has 0 bridgehead atoms. The van der Waals surface area contributed by atoms with Crippen molar-refractivity contribution in [1.82, 2.24) is 5.06 Å². The molecule has 1 aliphatic rings. The molecule has 0 aromatic heterocycles. The van der Waals surface area contributed by atoms with E-state index < -0.39 is 5.41 Å². The molecule has 0 aliphatic heterocycles. The monoisotopic (exact) mass is 331 g/mol. The Morgan fingerprint density at radius 1 is 1.17 bits per heavy atom. The van der Waals surface area contributed by atoms with Gasteiger partial charge in [0.05, 0.1) is 12.0 Å². The first-order valence-electron chi connectivity index (χ1n) is 9.39. The van der Waals surface area contributed by atoms with Crippen LogP contribution < -0.4 is 0 Å². The maximum atomic E-state index is 12.4. The smallest absolute Gasteiger partial charge is 0.330 e. The standard InChI is InChI=1S/C21H33NO2/c1-17(15-18-11-7-5-8-12-18)22(24-20(23)21(2,3)4)16-19-13-9-6-10-14-19/h6,9-10,13-14,17-18H,5,7-8,11-12,15-16H2,1-4H3/t17-/m0/s1. The Bertz CT molecular complexity index is 500. The Labute approximate surface area is 147 Å². The van der Waals surface area contributed by atoms with E-state index in [1.165, 1.54) is 37.7 Å². The van der Waals surface area contributed by atoms with Crippen LogP contribution >= 0.6 is 0 Å². The van der Waals surface area contributed by atoms with Crippen molar-refractivity contribution in [3.63, 3.8) is 0 Å². The molecule has 1 aromatic rings. The average molecular weight is 332 g/mol. The van der Waals surface area contributed by atoms with Crippen molar-refractivity contribution in [2.75, 3.05) is 0 Å². The Morgan fingerprint density at radius 3 is 2.38 bits per heavy atom. The summed E-state index contributed by atoms with van der Waals surface area (Å²) in [6.07, 6.45) is 7.80. The molecule has 1 atom stereocenters. The summed E-state index contributed by atoms with van der Waals surface area (Å²) in [5, 5.41) is 1.90. The van der Waals surface area contributed by atoms with Crippen molar-refractivity contribution < 1.29 is 9.63 Å². The fraction of sp³-hybridized carbons (Fsp3) is 0.667. The van der Waals surface area contributed by atoms with Crippen molar-refractivity contribution in [2.45, 2.75) is 78.8 Å². The van der Waals surface area contributed by atoms with Gasteiger partial charge in [0.1, 0.15) is 0 Å². The van der Waals surface area contributed by atoms with Gasteiger partial charge in [0.25, 0.3) is 0 Å². The highest BCUT2D eigenvalue weighted by molar-refractivity contribution is 5.75. The van der Waals surface area contributed by atoms with Gasteiger partial charge in [-0.05, 0) is 45.6 Å². The van der Waals surface area contributed by atoms with E-state index in [0.717, 1.165) is 12.3 Å². The van der Waals surface area contributed by atoms with Crippen LogP contribution in [0.15, 0.2) is 30.3 Å². The predicted octanol–water partition coefficient (Wildman–Crippen LogP) is 5.35. The zero-order valence-electron chi connectivity index (χ0n) is 15.8. The first-order chi connectivity index (χ1) is 11.4. The molecule has 1 aromatic carbocycles. The number of hydrogen-bond donors (Lipinski definition) is 0. The van der Waals surface area contributed by atoms with Gasteiger partial charge in [0, 0.05) is 6.04 Å². The summed E-state index contributed by atoms with van der Waals surface area (Å²) in [7, 11) is 0. The summed E-state index contributed by atoms with van der Waals surface area (Å²) in [5.74, 6) is 0.606.